The van der Waals surface area contributed by atoms with Gasteiger partial charge >= 0.3 is 0 Å². The number of carbonyl (C=O) groups is 1. The van der Waals surface area contributed by atoms with Gasteiger partial charge in [0.25, 0.3) is 5.91 Å². The van der Waals surface area contributed by atoms with Crippen LogP contribution in [0.4, 0.5) is 0 Å². The van der Waals surface area contributed by atoms with Gasteiger partial charge in [-0.25, -0.2) is 0 Å². The van der Waals surface area contributed by atoms with Crippen molar-refractivity contribution in [1.82, 2.24) is 10.2 Å². The fraction of sp³-hybridized carbons (Fsp3) is 0.562. The summed E-state index contributed by atoms with van der Waals surface area (Å²) < 4.78 is 5.27. The second kappa shape index (κ2) is 9.23. The average Bonchev–Trinajstić information content (AvgIpc) is 2.52. The van der Waals surface area contributed by atoms with Crippen LogP contribution in [0.2, 0.25) is 5.02 Å². The lowest BCUT2D eigenvalue weighted by Gasteiger charge is -2.32. The molecule has 4 nitrogen and oxygen atoms in total. The number of amides is 1. The predicted molar refractivity (Wildman–Crippen MR) is 92.4 cm³/mol. The minimum absolute atomic E-state index is 0. The lowest BCUT2D eigenvalue weighted by molar-refractivity contribution is 0.0684. The van der Waals surface area contributed by atoms with Crippen LogP contribution in [0.25, 0.3) is 0 Å². The Morgan fingerprint density at radius 1 is 1.41 bits per heavy atom. The van der Waals surface area contributed by atoms with Crippen molar-refractivity contribution < 1.29 is 9.53 Å². The van der Waals surface area contributed by atoms with Gasteiger partial charge in [-0.2, -0.15) is 0 Å². The molecule has 2 rings (SSSR count). The smallest absolute Gasteiger partial charge is 0.257 e. The van der Waals surface area contributed by atoms with E-state index in [1.807, 2.05) is 11.9 Å². The average molecular weight is 347 g/mol. The molecule has 0 radical (unpaired) electrons. The van der Waals surface area contributed by atoms with Crippen molar-refractivity contribution in [2.45, 2.75) is 19.3 Å². The maximum Gasteiger partial charge on any atom is 0.257 e. The van der Waals surface area contributed by atoms with Gasteiger partial charge in [0.2, 0.25) is 0 Å². The summed E-state index contributed by atoms with van der Waals surface area (Å²) in [6.07, 6.45) is 3.31. The summed E-state index contributed by atoms with van der Waals surface area (Å²) in [6, 6.07) is 5.17. The van der Waals surface area contributed by atoms with Gasteiger partial charge < -0.3 is 15.0 Å². The van der Waals surface area contributed by atoms with Crippen LogP contribution in [0, 0.1) is 5.92 Å². The minimum Gasteiger partial charge on any atom is -0.496 e. The van der Waals surface area contributed by atoms with E-state index in [-0.39, 0.29) is 18.3 Å². The number of rotatable bonds is 5. The van der Waals surface area contributed by atoms with Gasteiger partial charge in [-0.3, -0.25) is 4.79 Å². The van der Waals surface area contributed by atoms with E-state index >= 15 is 0 Å². The Morgan fingerprint density at radius 2 is 2.09 bits per heavy atom. The molecule has 22 heavy (non-hydrogen) atoms. The van der Waals surface area contributed by atoms with Crippen LogP contribution in [0.15, 0.2) is 18.2 Å². The first-order valence-electron chi connectivity index (χ1n) is 7.43. The van der Waals surface area contributed by atoms with Crippen molar-refractivity contribution in [3.05, 3.63) is 28.8 Å². The monoisotopic (exact) mass is 346 g/mol. The maximum atomic E-state index is 12.6. The predicted octanol–water partition coefficient (Wildman–Crippen LogP) is 3.23. The molecule has 1 aliphatic heterocycles. The van der Waals surface area contributed by atoms with Crippen LogP contribution in [0.3, 0.4) is 0 Å². The molecule has 0 spiro atoms. The summed E-state index contributed by atoms with van der Waals surface area (Å²) >= 11 is 6.00. The summed E-state index contributed by atoms with van der Waals surface area (Å²) in [4.78, 5) is 14.5. The first-order valence-corrected chi connectivity index (χ1v) is 7.81. The number of nitrogens with zero attached hydrogens (tertiary/aromatic N) is 1. The summed E-state index contributed by atoms with van der Waals surface area (Å²) in [7, 11) is 3.55. The number of ether oxygens (including phenoxy) is 1. The van der Waals surface area contributed by atoms with Gasteiger partial charge in [-0.05, 0) is 57.0 Å². The van der Waals surface area contributed by atoms with Crippen LogP contribution in [-0.4, -0.2) is 44.6 Å². The molecule has 1 amide bonds. The Morgan fingerprint density at radius 3 is 2.68 bits per heavy atom. The molecule has 0 bridgehead atoms. The molecule has 0 saturated carbocycles. The zero-order valence-electron chi connectivity index (χ0n) is 13.1. The quantitative estimate of drug-likeness (QED) is 0.889. The van der Waals surface area contributed by atoms with E-state index in [0.29, 0.717) is 22.3 Å². The number of methoxy groups -OCH3 is 1. The fourth-order valence-electron chi connectivity index (χ4n) is 2.79. The minimum atomic E-state index is 0. The lowest BCUT2D eigenvalue weighted by Crippen LogP contribution is -2.39. The van der Waals surface area contributed by atoms with Crippen LogP contribution in [0.1, 0.15) is 29.6 Å². The standard InChI is InChI=1S/C16H23ClN2O2.ClH/c1-18-8-5-12-6-9-19(10-7-12)16(20)14-11-13(17)3-4-15(14)21-2;/h3-4,11-12,18H,5-10H2,1-2H3;1H. The topological polar surface area (TPSA) is 41.6 Å². The van der Waals surface area contributed by atoms with Crippen LogP contribution in [-0.2, 0) is 0 Å². The molecule has 1 heterocycles. The van der Waals surface area contributed by atoms with Crippen LogP contribution in [0.5, 0.6) is 5.75 Å². The number of hydrogen-bond donors (Lipinski definition) is 1. The number of carbonyl (C=O) groups excluding carboxylic acids is 1. The molecule has 0 atom stereocenters. The van der Waals surface area contributed by atoms with Gasteiger partial charge in [0.05, 0.1) is 12.7 Å². The molecule has 0 aliphatic carbocycles. The normalized spacial score (nSPS) is 15.3. The highest BCUT2D eigenvalue weighted by atomic mass is 35.5. The van der Waals surface area contributed by atoms with Crippen molar-refractivity contribution in [3.63, 3.8) is 0 Å². The zero-order chi connectivity index (χ0) is 15.2. The molecular weight excluding hydrogens is 323 g/mol. The van der Waals surface area contributed by atoms with E-state index in [2.05, 4.69) is 5.32 Å². The van der Waals surface area contributed by atoms with Gasteiger partial charge in [-0.15, -0.1) is 12.4 Å². The third-order valence-corrected chi connectivity index (χ3v) is 4.33. The van der Waals surface area contributed by atoms with Gasteiger partial charge in [0.15, 0.2) is 0 Å². The summed E-state index contributed by atoms with van der Waals surface area (Å²) in [5, 5.41) is 3.74. The van der Waals surface area contributed by atoms with E-state index in [0.717, 1.165) is 32.5 Å². The van der Waals surface area contributed by atoms with E-state index in [1.165, 1.54) is 6.42 Å². The highest BCUT2D eigenvalue weighted by molar-refractivity contribution is 6.31. The second-order valence-electron chi connectivity index (χ2n) is 5.47. The molecule has 1 aliphatic rings. The Labute approximate surface area is 143 Å². The summed E-state index contributed by atoms with van der Waals surface area (Å²) in [5.41, 5.74) is 0.554. The number of likely N-dealkylation sites (tertiary alicyclic amines) is 1. The molecule has 124 valence electrons. The maximum absolute atomic E-state index is 12.6. The zero-order valence-corrected chi connectivity index (χ0v) is 14.7. The highest BCUT2D eigenvalue weighted by Gasteiger charge is 2.25. The van der Waals surface area contributed by atoms with Crippen molar-refractivity contribution >= 4 is 29.9 Å². The molecule has 6 heteroatoms. The number of benzene rings is 1. The third kappa shape index (κ3) is 4.77. The summed E-state index contributed by atoms with van der Waals surface area (Å²) in [5.74, 6) is 1.31. The summed E-state index contributed by atoms with van der Waals surface area (Å²) in [6.45, 7) is 2.66. The van der Waals surface area contributed by atoms with Crippen molar-refractivity contribution in [1.29, 1.82) is 0 Å². The second-order valence-corrected chi connectivity index (χ2v) is 5.91. The first-order chi connectivity index (χ1) is 10.2. The SMILES string of the molecule is CNCCC1CCN(C(=O)c2cc(Cl)ccc2OC)CC1.Cl. The van der Waals surface area contributed by atoms with Crippen LogP contribution >= 0.6 is 24.0 Å². The molecular formula is C16H24Cl2N2O2. The van der Waals surface area contributed by atoms with E-state index in [1.54, 1.807) is 25.3 Å². The number of piperidine rings is 1. The van der Waals surface area contributed by atoms with Gasteiger partial charge in [0, 0.05) is 18.1 Å². The largest absolute Gasteiger partial charge is 0.496 e. The van der Waals surface area contributed by atoms with Crippen LogP contribution < -0.4 is 10.1 Å². The highest BCUT2D eigenvalue weighted by Crippen LogP contribution is 2.27. The number of hydrogen-bond acceptors (Lipinski definition) is 3. The third-order valence-electron chi connectivity index (χ3n) is 4.10. The molecule has 0 aromatic heterocycles. The molecule has 1 aromatic rings. The molecule has 1 N–H and O–H groups in total. The van der Waals surface area contributed by atoms with E-state index < -0.39 is 0 Å². The van der Waals surface area contributed by atoms with E-state index in [4.69, 9.17) is 16.3 Å². The first kappa shape index (κ1) is 19.1. The van der Waals surface area contributed by atoms with Crippen molar-refractivity contribution in [3.8, 4) is 5.75 Å². The van der Waals surface area contributed by atoms with Gasteiger partial charge in [-0.1, -0.05) is 11.6 Å². The molecule has 1 fully saturated rings. The van der Waals surface area contributed by atoms with Gasteiger partial charge in [0.1, 0.15) is 5.75 Å². The number of nitrogens with one attached hydrogen (secondary N) is 1. The molecule has 1 saturated heterocycles. The lowest BCUT2D eigenvalue weighted by atomic mass is 9.93. The Balaban J connectivity index is 0.00000242. The van der Waals surface area contributed by atoms with E-state index in [9.17, 15) is 4.79 Å². The molecule has 1 aromatic carbocycles. The number of halogens is 2. The molecule has 0 unspecified atom stereocenters. The fourth-order valence-corrected chi connectivity index (χ4v) is 2.96. The Bertz CT molecular complexity index is 489. The van der Waals surface area contributed by atoms with Crippen molar-refractivity contribution in [2.75, 3.05) is 33.8 Å². The Kier molecular flexibility index (Phi) is 8.01. The Hall–Kier alpha value is -0.970. The van der Waals surface area contributed by atoms with Crippen molar-refractivity contribution in [2.24, 2.45) is 5.92 Å².